The number of nitrogen functional groups attached to an aromatic ring is 1. The van der Waals surface area contributed by atoms with Gasteiger partial charge in [0.2, 0.25) is 11.9 Å². The number of H-pyrrole nitrogens is 1. The molecule has 16 heavy (non-hydrogen) atoms. The van der Waals surface area contributed by atoms with Crippen molar-refractivity contribution < 1.29 is 0 Å². The van der Waals surface area contributed by atoms with Crippen LogP contribution in [0, 0.1) is 11.3 Å². The predicted molar refractivity (Wildman–Crippen MR) is 60.2 cm³/mol. The fraction of sp³-hybridized carbons (Fsp3) is 0. The molecule has 0 radical (unpaired) electrons. The number of nitriles is 1. The summed E-state index contributed by atoms with van der Waals surface area (Å²) in [5.74, 6) is 0.536. The van der Waals surface area contributed by atoms with Crippen molar-refractivity contribution >= 4 is 29.2 Å². The lowest BCUT2D eigenvalue weighted by molar-refractivity contribution is 1.10. The molecule has 4 N–H and O–H groups in total. The molecule has 1 aromatic carbocycles. The van der Waals surface area contributed by atoms with Gasteiger partial charge in [-0.05, 0) is 18.2 Å². The average Bonchev–Trinajstić information content (AvgIpc) is 2.63. The van der Waals surface area contributed by atoms with E-state index in [1.807, 2.05) is 6.07 Å². The predicted octanol–water partition coefficient (Wildman–Crippen LogP) is 1.66. The van der Waals surface area contributed by atoms with Gasteiger partial charge < -0.3 is 11.1 Å². The zero-order valence-electron chi connectivity index (χ0n) is 8.03. The van der Waals surface area contributed by atoms with E-state index < -0.39 is 0 Å². The highest BCUT2D eigenvalue weighted by atomic mass is 35.5. The van der Waals surface area contributed by atoms with E-state index in [0.29, 0.717) is 22.2 Å². The second-order valence-electron chi connectivity index (χ2n) is 3.01. The first-order valence-corrected chi connectivity index (χ1v) is 4.71. The van der Waals surface area contributed by atoms with E-state index in [2.05, 4.69) is 20.5 Å². The van der Waals surface area contributed by atoms with Crippen molar-refractivity contribution in [3.8, 4) is 6.07 Å². The lowest BCUT2D eigenvalue weighted by atomic mass is 10.2. The number of nitrogens with zero attached hydrogens (tertiary/aromatic N) is 3. The van der Waals surface area contributed by atoms with Gasteiger partial charge in [0.05, 0.1) is 11.6 Å². The highest BCUT2D eigenvalue weighted by Gasteiger charge is 2.03. The van der Waals surface area contributed by atoms with Crippen molar-refractivity contribution in [2.75, 3.05) is 11.1 Å². The van der Waals surface area contributed by atoms with Gasteiger partial charge in [-0.1, -0.05) is 11.6 Å². The summed E-state index contributed by atoms with van der Waals surface area (Å²) in [7, 11) is 0. The van der Waals surface area contributed by atoms with Gasteiger partial charge in [0.15, 0.2) is 0 Å². The van der Waals surface area contributed by atoms with Crippen LogP contribution in [0.3, 0.4) is 0 Å². The van der Waals surface area contributed by atoms with Gasteiger partial charge in [0.1, 0.15) is 0 Å². The second-order valence-corrected chi connectivity index (χ2v) is 3.45. The van der Waals surface area contributed by atoms with Gasteiger partial charge in [-0.3, -0.25) is 0 Å². The van der Waals surface area contributed by atoms with E-state index in [1.165, 1.54) is 0 Å². The first-order valence-electron chi connectivity index (χ1n) is 4.33. The third-order valence-electron chi connectivity index (χ3n) is 1.79. The average molecular weight is 235 g/mol. The Labute approximate surface area is 96.1 Å². The minimum absolute atomic E-state index is 0.213. The molecule has 0 atom stereocenters. The summed E-state index contributed by atoms with van der Waals surface area (Å²) in [5.41, 5.74) is 6.46. The number of halogens is 1. The molecule has 7 heteroatoms. The van der Waals surface area contributed by atoms with Crippen LogP contribution < -0.4 is 11.1 Å². The molecule has 6 nitrogen and oxygen atoms in total. The summed E-state index contributed by atoms with van der Waals surface area (Å²) >= 11 is 5.84. The maximum atomic E-state index is 8.76. The summed E-state index contributed by atoms with van der Waals surface area (Å²) in [6.07, 6.45) is 0. The Morgan fingerprint density at radius 3 is 2.88 bits per heavy atom. The van der Waals surface area contributed by atoms with Crippen LogP contribution in [0.5, 0.6) is 0 Å². The summed E-state index contributed by atoms with van der Waals surface area (Å²) in [6.45, 7) is 0. The highest BCUT2D eigenvalue weighted by molar-refractivity contribution is 6.31. The van der Waals surface area contributed by atoms with E-state index >= 15 is 0 Å². The smallest absolute Gasteiger partial charge is 0.248 e. The molecule has 0 saturated heterocycles. The zero-order valence-corrected chi connectivity index (χ0v) is 8.78. The van der Waals surface area contributed by atoms with E-state index in [0.717, 1.165) is 0 Å². The minimum Gasteiger partial charge on any atom is -0.368 e. The number of nitrogens with two attached hydrogens (primary N) is 1. The molecule has 0 aliphatic carbocycles. The SMILES string of the molecule is N#Cc1cc(Cl)cc(Nc2n[nH]c(N)n2)c1. The maximum absolute atomic E-state index is 8.76. The van der Waals surface area contributed by atoms with Gasteiger partial charge in [-0.2, -0.15) is 10.2 Å². The quantitative estimate of drug-likeness (QED) is 0.733. The highest BCUT2D eigenvalue weighted by Crippen LogP contribution is 2.20. The van der Waals surface area contributed by atoms with Crippen LogP contribution in [0.4, 0.5) is 17.6 Å². The Bertz CT molecular complexity index is 555. The number of hydrogen-bond donors (Lipinski definition) is 3. The van der Waals surface area contributed by atoms with Crippen LogP contribution >= 0.6 is 11.6 Å². The zero-order chi connectivity index (χ0) is 11.5. The van der Waals surface area contributed by atoms with Crippen molar-refractivity contribution in [2.45, 2.75) is 0 Å². The topological polar surface area (TPSA) is 103 Å². The number of rotatable bonds is 2. The number of benzene rings is 1. The summed E-state index contributed by atoms with van der Waals surface area (Å²) < 4.78 is 0. The number of aromatic amines is 1. The van der Waals surface area contributed by atoms with Gasteiger partial charge >= 0.3 is 0 Å². The minimum atomic E-state index is 0.213. The molecule has 0 amide bonds. The Morgan fingerprint density at radius 2 is 2.25 bits per heavy atom. The molecule has 2 aromatic rings. The number of aromatic nitrogens is 3. The standard InChI is InChI=1S/C9H7ClN6/c10-6-1-5(4-11)2-7(3-6)13-9-14-8(12)15-16-9/h1-3H,(H4,12,13,14,15,16). The fourth-order valence-corrected chi connectivity index (χ4v) is 1.42. The molecule has 0 fully saturated rings. The van der Waals surface area contributed by atoms with E-state index in [4.69, 9.17) is 22.6 Å². The maximum Gasteiger partial charge on any atom is 0.248 e. The third kappa shape index (κ3) is 2.21. The Balaban J connectivity index is 2.28. The molecular weight excluding hydrogens is 228 g/mol. The van der Waals surface area contributed by atoms with Gasteiger partial charge in [-0.25, -0.2) is 5.10 Å². The van der Waals surface area contributed by atoms with Crippen LogP contribution in [0.15, 0.2) is 18.2 Å². The first-order chi connectivity index (χ1) is 7.67. The molecule has 1 aromatic heterocycles. The Morgan fingerprint density at radius 1 is 1.44 bits per heavy atom. The number of anilines is 3. The first kappa shape index (κ1) is 10.3. The van der Waals surface area contributed by atoms with Crippen molar-refractivity contribution in [1.29, 1.82) is 5.26 Å². The summed E-state index contributed by atoms with van der Waals surface area (Å²) in [6, 6.07) is 6.87. The van der Waals surface area contributed by atoms with Gasteiger partial charge in [-0.15, -0.1) is 5.10 Å². The van der Waals surface area contributed by atoms with E-state index in [9.17, 15) is 0 Å². The monoisotopic (exact) mass is 234 g/mol. The Hall–Kier alpha value is -2.26. The molecule has 2 rings (SSSR count). The van der Waals surface area contributed by atoms with E-state index in [1.54, 1.807) is 18.2 Å². The molecule has 0 spiro atoms. The molecular formula is C9H7ClN6. The fourth-order valence-electron chi connectivity index (χ4n) is 1.19. The summed E-state index contributed by atoms with van der Waals surface area (Å²) in [4.78, 5) is 3.87. The molecule has 0 bridgehead atoms. The molecule has 0 unspecified atom stereocenters. The second kappa shape index (κ2) is 4.08. The van der Waals surface area contributed by atoms with Crippen molar-refractivity contribution in [1.82, 2.24) is 15.2 Å². The van der Waals surface area contributed by atoms with Crippen LogP contribution in [-0.2, 0) is 0 Å². The lowest BCUT2D eigenvalue weighted by Gasteiger charge is -2.02. The molecule has 0 saturated carbocycles. The van der Waals surface area contributed by atoms with Crippen molar-refractivity contribution in [2.24, 2.45) is 0 Å². The molecule has 0 aliphatic rings. The van der Waals surface area contributed by atoms with E-state index in [-0.39, 0.29) is 5.95 Å². The molecule has 80 valence electrons. The van der Waals surface area contributed by atoms with Crippen molar-refractivity contribution in [3.05, 3.63) is 28.8 Å². The van der Waals surface area contributed by atoms with Crippen LogP contribution in [0.25, 0.3) is 0 Å². The van der Waals surface area contributed by atoms with Gasteiger partial charge in [0, 0.05) is 10.7 Å². The number of hydrogen-bond acceptors (Lipinski definition) is 5. The molecule has 1 heterocycles. The number of nitrogens with one attached hydrogen (secondary N) is 2. The van der Waals surface area contributed by atoms with Gasteiger partial charge in [0.25, 0.3) is 0 Å². The summed E-state index contributed by atoms with van der Waals surface area (Å²) in [5, 5.41) is 18.4. The normalized spacial score (nSPS) is 9.75. The largest absolute Gasteiger partial charge is 0.368 e. The van der Waals surface area contributed by atoms with Crippen LogP contribution in [-0.4, -0.2) is 15.2 Å². The van der Waals surface area contributed by atoms with Crippen molar-refractivity contribution in [3.63, 3.8) is 0 Å². The third-order valence-corrected chi connectivity index (χ3v) is 2.00. The molecule has 0 aliphatic heterocycles. The lowest BCUT2D eigenvalue weighted by Crippen LogP contribution is -1.93. The Kier molecular flexibility index (Phi) is 2.62. The van der Waals surface area contributed by atoms with Crippen LogP contribution in [0.1, 0.15) is 5.56 Å². The van der Waals surface area contributed by atoms with Crippen LogP contribution in [0.2, 0.25) is 5.02 Å².